The van der Waals surface area contributed by atoms with Gasteiger partial charge in [0.25, 0.3) is 5.91 Å². The molecule has 0 aromatic heterocycles. The van der Waals surface area contributed by atoms with Gasteiger partial charge in [-0.1, -0.05) is 18.5 Å². The maximum Gasteiger partial charge on any atom is 0.258 e. The van der Waals surface area contributed by atoms with E-state index < -0.39 is 5.82 Å². The molecule has 3 N–H and O–H groups in total. The Morgan fingerprint density at radius 3 is 2.71 bits per heavy atom. The zero-order valence-corrected chi connectivity index (χ0v) is 16.6. The molecule has 5 rings (SSSR count). The van der Waals surface area contributed by atoms with Crippen molar-refractivity contribution in [3.8, 4) is 5.75 Å². The quantitative estimate of drug-likeness (QED) is 0.674. The number of carbonyl (C=O) groups excluding carboxylic acids is 2. The third kappa shape index (κ3) is 3.70. The van der Waals surface area contributed by atoms with E-state index in [2.05, 4.69) is 22.9 Å². The van der Waals surface area contributed by atoms with Gasteiger partial charge in [-0.2, -0.15) is 0 Å². The minimum Gasteiger partial charge on any atom is -0.484 e. The van der Waals surface area contributed by atoms with Gasteiger partial charge in [-0.3, -0.25) is 14.9 Å². The summed E-state index contributed by atoms with van der Waals surface area (Å²) in [6.07, 6.45) is 4.11. The second kappa shape index (κ2) is 7.19. The second-order valence-corrected chi connectivity index (χ2v) is 9.03. The summed E-state index contributed by atoms with van der Waals surface area (Å²) < 4.78 is 18.7. The van der Waals surface area contributed by atoms with Crippen molar-refractivity contribution >= 4 is 23.4 Å². The lowest BCUT2D eigenvalue weighted by Crippen LogP contribution is -2.79. The Labute approximate surface area is 168 Å². The van der Waals surface area contributed by atoms with Crippen LogP contribution in [-0.4, -0.2) is 36.7 Å². The summed E-state index contributed by atoms with van der Waals surface area (Å²) in [6, 6.07) is 4.05. The molecule has 8 heteroatoms. The van der Waals surface area contributed by atoms with Crippen LogP contribution in [-0.2, 0) is 9.59 Å². The van der Waals surface area contributed by atoms with Crippen LogP contribution in [0, 0.1) is 17.2 Å². The van der Waals surface area contributed by atoms with Crippen LogP contribution in [0.5, 0.6) is 5.75 Å². The summed E-state index contributed by atoms with van der Waals surface area (Å²) in [7, 11) is 0. The van der Waals surface area contributed by atoms with Crippen molar-refractivity contribution < 1.29 is 18.7 Å². The highest BCUT2D eigenvalue weighted by Crippen LogP contribution is 2.67. The van der Waals surface area contributed by atoms with Crippen molar-refractivity contribution in [3.63, 3.8) is 0 Å². The predicted molar refractivity (Wildman–Crippen MR) is 102 cm³/mol. The van der Waals surface area contributed by atoms with Gasteiger partial charge < -0.3 is 15.4 Å². The first-order chi connectivity index (χ1) is 13.3. The number of nitrogens with one attached hydrogen (secondary N) is 3. The molecule has 0 radical (unpaired) electrons. The van der Waals surface area contributed by atoms with Crippen LogP contribution in [0.4, 0.5) is 4.39 Å². The molecular weight excluding hydrogens is 385 g/mol. The maximum absolute atomic E-state index is 13.4. The third-order valence-corrected chi connectivity index (χ3v) is 6.45. The number of halogens is 2. The predicted octanol–water partition coefficient (Wildman–Crippen LogP) is 2.36. The minimum absolute atomic E-state index is 0.00665. The summed E-state index contributed by atoms with van der Waals surface area (Å²) in [5.41, 5.74) is -0.629. The highest BCUT2D eigenvalue weighted by atomic mass is 35.5. The van der Waals surface area contributed by atoms with Crippen molar-refractivity contribution in [1.29, 1.82) is 0 Å². The van der Waals surface area contributed by atoms with E-state index >= 15 is 0 Å². The Kier molecular flexibility index (Phi) is 5.00. The van der Waals surface area contributed by atoms with E-state index in [4.69, 9.17) is 16.3 Å². The monoisotopic (exact) mass is 409 g/mol. The fraction of sp³-hybridized carbons (Fsp3) is 0.600. The molecule has 1 heterocycles. The van der Waals surface area contributed by atoms with Gasteiger partial charge in [-0.25, -0.2) is 4.39 Å². The lowest BCUT2D eigenvalue weighted by Gasteiger charge is -2.69. The maximum atomic E-state index is 13.4. The van der Waals surface area contributed by atoms with Crippen LogP contribution in [0.15, 0.2) is 18.2 Å². The molecule has 6 nitrogen and oxygen atoms in total. The lowest BCUT2D eigenvalue weighted by molar-refractivity contribution is -0.184. The number of rotatable bonds is 6. The number of piperidine rings is 1. The molecule has 1 aromatic carbocycles. The standard InChI is InChI=1S/C20H25ClFN3O3/c1-12-2-5-16(23-7-12)24-18(27)19-9-20(10-19,11-19)25-17(26)8-28-13-3-4-14(21)15(22)6-13/h3-4,6,12,16,23H,2,5,7-11H2,1H3,(H,24,27)(H,25,26). The molecule has 1 saturated heterocycles. The van der Waals surface area contributed by atoms with Gasteiger partial charge in [0.15, 0.2) is 6.61 Å². The molecule has 2 amide bonds. The van der Waals surface area contributed by atoms with Crippen LogP contribution in [0.1, 0.15) is 39.0 Å². The molecular formula is C20H25ClFN3O3. The molecule has 4 aliphatic rings. The highest BCUT2D eigenvalue weighted by molar-refractivity contribution is 6.30. The summed E-state index contributed by atoms with van der Waals surface area (Å²) in [6.45, 7) is 2.92. The van der Waals surface area contributed by atoms with Gasteiger partial charge in [0.1, 0.15) is 11.6 Å². The molecule has 2 bridgehead atoms. The van der Waals surface area contributed by atoms with Crippen LogP contribution in [0.25, 0.3) is 0 Å². The molecule has 152 valence electrons. The van der Waals surface area contributed by atoms with Crippen molar-refractivity contribution in [2.75, 3.05) is 13.2 Å². The summed E-state index contributed by atoms with van der Waals surface area (Å²) >= 11 is 5.62. The van der Waals surface area contributed by atoms with Crippen LogP contribution < -0.4 is 20.7 Å². The highest BCUT2D eigenvalue weighted by Gasteiger charge is 2.72. The number of hydrogen-bond donors (Lipinski definition) is 3. The van der Waals surface area contributed by atoms with Crippen molar-refractivity contribution in [3.05, 3.63) is 29.0 Å². The Balaban J connectivity index is 1.20. The summed E-state index contributed by atoms with van der Waals surface area (Å²) in [5.74, 6) is 0.123. The molecule has 4 fully saturated rings. The molecule has 2 unspecified atom stereocenters. The normalized spacial score (nSPS) is 33.2. The first-order valence-corrected chi connectivity index (χ1v) is 10.1. The topological polar surface area (TPSA) is 79.5 Å². The Morgan fingerprint density at radius 1 is 1.32 bits per heavy atom. The Morgan fingerprint density at radius 2 is 2.07 bits per heavy atom. The number of benzene rings is 1. The van der Waals surface area contributed by atoms with E-state index in [1.807, 2.05) is 0 Å². The number of hydrogen-bond acceptors (Lipinski definition) is 4. The van der Waals surface area contributed by atoms with Crippen molar-refractivity contribution in [2.24, 2.45) is 11.3 Å². The fourth-order valence-electron chi connectivity index (χ4n) is 4.64. The molecule has 2 atom stereocenters. The summed E-state index contributed by atoms with van der Waals surface area (Å²) in [4.78, 5) is 24.8. The SMILES string of the molecule is CC1CCC(NC(=O)C23CC(NC(=O)COc4ccc(Cl)c(F)c4)(C2)C3)NC1. The second-order valence-electron chi connectivity index (χ2n) is 8.62. The molecule has 1 aromatic rings. The Bertz CT molecular complexity index is 775. The lowest BCUT2D eigenvalue weighted by atomic mass is 9.39. The fourth-order valence-corrected chi connectivity index (χ4v) is 4.76. The molecule has 3 aliphatic carbocycles. The van der Waals surface area contributed by atoms with Crippen LogP contribution >= 0.6 is 11.6 Å². The minimum atomic E-state index is -0.589. The van der Waals surface area contributed by atoms with Gasteiger partial charge >= 0.3 is 0 Å². The van der Waals surface area contributed by atoms with Crippen molar-refractivity contribution in [1.82, 2.24) is 16.0 Å². The van der Waals surface area contributed by atoms with E-state index in [9.17, 15) is 14.0 Å². The van der Waals surface area contributed by atoms with E-state index in [0.29, 0.717) is 25.2 Å². The van der Waals surface area contributed by atoms with E-state index in [0.717, 1.165) is 25.5 Å². The summed E-state index contributed by atoms with van der Waals surface area (Å²) in [5, 5.41) is 9.45. The number of carbonyl (C=O) groups is 2. The Hall–Kier alpha value is -1.86. The average molecular weight is 410 g/mol. The number of amides is 2. The van der Waals surface area contributed by atoms with Gasteiger partial charge in [-0.15, -0.1) is 0 Å². The van der Waals surface area contributed by atoms with Gasteiger partial charge in [0.2, 0.25) is 5.91 Å². The molecule has 3 saturated carbocycles. The zero-order valence-electron chi connectivity index (χ0n) is 15.8. The number of ether oxygens (including phenoxy) is 1. The first-order valence-electron chi connectivity index (χ1n) is 9.72. The van der Waals surface area contributed by atoms with Gasteiger partial charge in [0.05, 0.1) is 16.6 Å². The average Bonchev–Trinajstić information content (AvgIpc) is 2.59. The van der Waals surface area contributed by atoms with E-state index in [1.54, 1.807) is 0 Å². The smallest absolute Gasteiger partial charge is 0.258 e. The van der Waals surface area contributed by atoms with Crippen LogP contribution in [0.3, 0.4) is 0 Å². The van der Waals surface area contributed by atoms with Gasteiger partial charge in [0, 0.05) is 11.6 Å². The third-order valence-electron chi connectivity index (χ3n) is 6.14. The molecule has 0 spiro atoms. The van der Waals surface area contributed by atoms with E-state index in [-0.39, 0.29) is 46.3 Å². The molecule has 28 heavy (non-hydrogen) atoms. The first kappa shape index (κ1) is 19.5. The van der Waals surface area contributed by atoms with Gasteiger partial charge in [-0.05, 0) is 56.7 Å². The van der Waals surface area contributed by atoms with Crippen molar-refractivity contribution in [2.45, 2.75) is 50.7 Å². The molecule has 1 aliphatic heterocycles. The largest absolute Gasteiger partial charge is 0.484 e. The van der Waals surface area contributed by atoms with Crippen LogP contribution in [0.2, 0.25) is 5.02 Å². The zero-order chi connectivity index (χ0) is 19.9. The van der Waals surface area contributed by atoms with E-state index in [1.165, 1.54) is 12.1 Å².